The first kappa shape index (κ1) is 12.7. The molecule has 0 amide bonds. The molecule has 102 valence electrons. The van der Waals surface area contributed by atoms with Gasteiger partial charge in [-0.15, -0.1) is 0 Å². The van der Waals surface area contributed by atoms with E-state index in [4.69, 9.17) is 10.2 Å². The fourth-order valence-corrected chi connectivity index (χ4v) is 2.39. The average Bonchev–Trinajstić information content (AvgIpc) is 2.80. The van der Waals surface area contributed by atoms with Crippen LogP contribution in [0.15, 0.2) is 51.7 Å². The second kappa shape index (κ2) is 4.98. The predicted molar refractivity (Wildman–Crippen MR) is 78.6 cm³/mol. The minimum atomic E-state index is -0.440. The highest BCUT2D eigenvalue weighted by Crippen LogP contribution is 2.21. The van der Waals surface area contributed by atoms with Crippen LogP contribution in [-0.2, 0) is 6.42 Å². The number of nitrogens with one attached hydrogen (secondary N) is 1. The predicted octanol–water partition coefficient (Wildman–Crippen LogP) is 2.67. The van der Waals surface area contributed by atoms with Gasteiger partial charge in [-0.1, -0.05) is 30.3 Å². The van der Waals surface area contributed by atoms with Gasteiger partial charge in [0.2, 0.25) is 0 Å². The second-order valence-electron chi connectivity index (χ2n) is 5.01. The summed E-state index contributed by atoms with van der Waals surface area (Å²) in [4.78, 5) is 13.8. The smallest absolute Gasteiger partial charge is 0.408 e. The summed E-state index contributed by atoms with van der Waals surface area (Å²) in [5.74, 6) is -0.440. The molecule has 0 saturated carbocycles. The van der Waals surface area contributed by atoms with Crippen molar-refractivity contribution >= 4 is 11.1 Å². The maximum Gasteiger partial charge on any atom is 0.417 e. The lowest BCUT2D eigenvalue weighted by Crippen LogP contribution is -2.13. The Morgan fingerprint density at radius 2 is 2.05 bits per heavy atom. The van der Waals surface area contributed by atoms with Crippen LogP contribution in [0.25, 0.3) is 11.1 Å². The molecule has 3 N–H and O–H groups in total. The maximum absolute atomic E-state index is 11.2. The number of hydrogen-bond donors (Lipinski definition) is 2. The van der Waals surface area contributed by atoms with Crippen LogP contribution in [0.2, 0.25) is 0 Å². The topological polar surface area (TPSA) is 72.0 Å². The van der Waals surface area contributed by atoms with Crippen LogP contribution in [0.5, 0.6) is 0 Å². The number of oxazole rings is 1. The van der Waals surface area contributed by atoms with Gasteiger partial charge in [0.05, 0.1) is 5.52 Å². The van der Waals surface area contributed by atoms with E-state index in [1.807, 2.05) is 30.3 Å². The van der Waals surface area contributed by atoms with Gasteiger partial charge in [-0.05, 0) is 42.2 Å². The molecule has 0 aliphatic heterocycles. The average molecular weight is 268 g/mol. The third kappa shape index (κ3) is 2.38. The van der Waals surface area contributed by atoms with Crippen LogP contribution < -0.4 is 11.5 Å². The third-order valence-corrected chi connectivity index (χ3v) is 3.57. The molecular weight excluding hydrogens is 252 g/mol. The molecule has 1 heterocycles. The molecule has 4 heteroatoms. The number of H-pyrrole nitrogens is 1. The lowest BCUT2D eigenvalue weighted by atomic mass is 9.97. The zero-order valence-electron chi connectivity index (χ0n) is 11.2. The van der Waals surface area contributed by atoms with Crippen molar-refractivity contribution in [2.45, 2.75) is 19.4 Å². The number of rotatable bonds is 3. The Bertz CT molecular complexity index is 801. The minimum absolute atomic E-state index is 0.124. The van der Waals surface area contributed by atoms with Gasteiger partial charge >= 0.3 is 5.76 Å². The molecule has 3 rings (SSSR count). The summed E-state index contributed by atoms with van der Waals surface area (Å²) in [6.07, 6.45) is 0.757. The van der Waals surface area contributed by atoms with E-state index >= 15 is 0 Å². The number of aryl methyl sites for hydroxylation is 1. The van der Waals surface area contributed by atoms with Crippen molar-refractivity contribution in [1.82, 2.24) is 4.98 Å². The normalized spacial score (nSPS) is 12.7. The van der Waals surface area contributed by atoms with Gasteiger partial charge in [-0.3, -0.25) is 4.98 Å². The second-order valence-corrected chi connectivity index (χ2v) is 5.01. The Hall–Kier alpha value is -2.33. The lowest BCUT2D eigenvalue weighted by molar-refractivity contribution is 0.554. The van der Waals surface area contributed by atoms with Crippen molar-refractivity contribution in [2.75, 3.05) is 0 Å². The number of benzene rings is 2. The highest BCUT2D eigenvalue weighted by atomic mass is 16.4. The van der Waals surface area contributed by atoms with Crippen LogP contribution in [0.4, 0.5) is 0 Å². The summed E-state index contributed by atoms with van der Waals surface area (Å²) in [5.41, 5.74) is 10.9. The van der Waals surface area contributed by atoms with Gasteiger partial charge in [-0.25, -0.2) is 4.79 Å². The summed E-state index contributed by atoms with van der Waals surface area (Å²) in [6, 6.07) is 13.7. The van der Waals surface area contributed by atoms with E-state index in [9.17, 15) is 4.79 Å². The van der Waals surface area contributed by atoms with Gasteiger partial charge in [-0.2, -0.15) is 0 Å². The Morgan fingerprint density at radius 1 is 1.25 bits per heavy atom. The van der Waals surface area contributed by atoms with Crippen LogP contribution in [0, 0.1) is 6.92 Å². The fourth-order valence-electron chi connectivity index (χ4n) is 2.39. The van der Waals surface area contributed by atoms with Crippen molar-refractivity contribution in [1.29, 1.82) is 0 Å². The maximum atomic E-state index is 11.2. The van der Waals surface area contributed by atoms with Crippen LogP contribution >= 0.6 is 0 Å². The number of hydrogen-bond acceptors (Lipinski definition) is 3. The lowest BCUT2D eigenvalue weighted by Gasteiger charge is -2.13. The molecule has 0 aliphatic rings. The first-order valence-electron chi connectivity index (χ1n) is 6.56. The molecule has 1 atom stereocenters. The van der Waals surface area contributed by atoms with Crippen molar-refractivity contribution in [3.05, 3.63) is 69.7 Å². The molecule has 20 heavy (non-hydrogen) atoms. The van der Waals surface area contributed by atoms with Gasteiger partial charge in [0.25, 0.3) is 0 Å². The summed E-state index contributed by atoms with van der Waals surface area (Å²) in [7, 11) is 0. The highest BCUT2D eigenvalue weighted by Gasteiger charge is 2.11. The number of aromatic amines is 1. The molecule has 0 radical (unpaired) electrons. The number of fused-ring (bicyclic) bond motifs is 1. The van der Waals surface area contributed by atoms with Crippen LogP contribution in [-0.4, -0.2) is 4.98 Å². The zero-order valence-corrected chi connectivity index (χ0v) is 11.2. The van der Waals surface area contributed by atoms with Crippen molar-refractivity contribution in [2.24, 2.45) is 5.73 Å². The summed E-state index contributed by atoms with van der Waals surface area (Å²) in [6.45, 7) is 2.08. The molecule has 0 saturated heterocycles. The summed E-state index contributed by atoms with van der Waals surface area (Å²) >= 11 is 0. The standard InChI is InChI=1S/C16H16N2O2/c1-10-4-2-3-5-11(10)8-13(17)12-6-7-14-15(9-12)20-16(19)18-14/h2-7,9,13H,8,17H2,1H3,(H,18,19). The van der Waals surface area contributed by atoms with E-state index in [0.29, 0.717) is 11.1 Å². The zero-order chi connectivity index (χ0) is 14.1. The minimum Gasteiger partial charge on any atom is -0.408 e. The molecule has 1 unspecified atom stereocenters. The van der Waals surface area contributed by atoms with E-state index < -0.39 is 5.76 Å². The summed E-state index contributed by atoms with van der Waals surface area (Å²) < 4.78 is 5.07. The third-order valence-electron chi connectivity index (χ3n) is 3.57. The fraction of sp³-hybridized carbons (Fsp3) is 0.188. The molecule has 0 spiro atoms. The van der Waals surface area contributed by atoms with E-state index in [1.165, 1.54) is 11.1 Å². The number of nitrogens with two attached hydrogens (primary N) is 1. The highest BCUT2D eigenvalue weighted by molar-refractivity contribution is 5.72. The molecule has 2 aromatic carbocycles. The van der Waals surface area contributed by atoms with E-state index in [0.717, 1.165) is 12.0 Å². The Labute approximate surface area is 116 Å². The Morgan fingerprint density at radius 3 is 2.85 bits per heavy atom. The van der Waals surface area contributed by atoms with Gasteiger partial charge < -0.3 is 10.2 Å². The van der Waals surface area contributed by atoms with Crippen molar-refractivity contribution in [3.8, 4) is 0 Å². The Balaban J connectivity index is 1.90. The molecule has 4 nitrogen and oxygen atoms in total. The summed E-state index contributed by atoms with van der Waals surface area (Å²) in [5, 5.41) is 0. The Kier molecular flexibility index (Phi) is 3.16. The molecule has 0 aliphatic carbocycles. The first-order chi connectivity index (χ1) is 9.63. The van der Waals surface area contributed by atoms with Crippen LogP contribution in [0.3, 0.4) is 0 Å². The molecule has 0 bridgehead atoms. The molecule has 3 aromatic rings. The molecule has 0 fully saturated rings. The van der Waals surface area contributed by atoms with Gasteiger partial charge in [0, 0.05) is 6.04 Å². The first-order valence-corrected chi connectivity index (χ1v) is 6.56. The van der Waals surface area contributed by atoms with Crippen LogP contribution in [0.1, 0.15) is 22.7 Å². The molecular formula is C16H16N2O2. The van der Waals surface area contributed by atoms with Crippen molar-refractivity contribution in [3.63, 3.8) is 0 Å². The van der Waals surface area contributed by atoms with Gasteiger partial charge in [0.1, 0.15) is 0 Å². The molecule has 1 aromatic heterocycles. The quantitative estimate of drug-likeness (QED) is 0.767. The SMILES string of the molecule is Cc1ccccc1CC(N)c1ccc2[nH]c(=O)oc2c1. The largest absolute Gasteiger partial charge is 0.417 e. The van der Waals surface area contributed by atoms with Gasteiger partial charge in [0.15, 0.2) is 5.58 Å². The van der Waals surface area contributed by atoms with E-state index in [-0.39, 0.29) is 6.04 Å². The van der Waals surface area contributed by atoms with Crippen molar-refractivity contribution < 1.29 is 4.42 Å². The monoisotopic (exact) mass is 268 g/mol. The van der Waals surface area contributed by atoms with E-state index in [2.05, 4.69) is 24.0 Å². The number of aromatic nitrogens is 1. The van der Waals surface area contributed by atoms with E-state index in [1.54, 1.807) is 0 Å².